The van der Waals surface area contributed by atoms with Crippen molar-refractivity contribution in [1.82, 2.24) is 0 Å². The van der Waals surface area contributed by atoms with Crippen molar-refractivity contribution in [2.45, 2.75) is 39.5 Å². The van der Waals surface area contributed by atoms with Crippen molar-refractivity contribution in [3.63, 3.8) is 0 Å². The first-order chi connectivity index (χ1) is 6.25. The van der Waals surface area contributed by atoms with Crippen molar-refractivity contribution in [1.29, 1.82) is 0 Å². The second-order valence-electron chi connectivity index (χ2n) is 4.37. The molecule has 0 aliphatic carbocycles. The zero-order valence-corrected chi connectivity index (χ0v) is 9.01. The standard InChI is InChI=1S/C11H23NO/c1-3-4-10(2)11(9-12)5-7-13-8-6-11/h10H,3-9,12H2,1-2H3. The maximum Gasteiger partial charge on any atom is 0.0471 e. The van der Waals surface area contributed by atoms with Gasteiger partial charge in [-0.15, -0.1) is 0 Å². The lowest BCUT2D eigenvalue weighted by Gasteiger charge is -2.41. The van der Waals surface area contributed by atoms with Crippen molar-refractivity contribution in [2.75, 3.05) is 19.8 Å². The molecule has 0 aromatic carbocycles. The minimum Gasteiger partial charge on any atom is -0.381 e. The van der Waals surface area contributed by atoms with Crippen LogP contribution < -0.4 is 5.73 Å². The number of hydrogen-bond acceptors (Lipinski definition) is 2. The molecule has 1 saturated heterocycles. The highest BCUT2D eigenvalue weighted by Gasteiger charge is 2.35. The van der Waals surface area contributed by atoms with Gasteiger partial charge < -0.3 is 10.5 Å². The van der Waals surface area contributed by atoms with E-state index in [9.17, 15) is 0 Å². The first-order valence-corrected chi connectivity index (χ1v) is 5.53. The van der Waals surface area contributed by atoms with Crippen LogP contribution in [0, 0.1) is 11.3 Å². The van der Waals surface area contributed by atoms with Gasteiger partial charge in [0.05, 0.1) is 0 Å². The van der Waals surface area contributed by atoms with Crippen LogP contribution in [0.25, 0.3) is 0 Å². The van der Waals surface area contributed by atoms with E-state index in [0.717, 1.165) is 38.5 Å². The van der Waals surface area contributed by atoms with Crippen LogP contribution in [-0.2, 0) is 4.74 Å². The summed E-state index contributed by atoms with van der Waals surface area (Å²) in [6.45, 7) is 7.25. The molecule has 1 rings (SSSR count). The number of rotatable bonds is 4. The van der Waals surface area contributed by atoms with Gasteiger partial charge >= 0.3 is 0 Å². The molecule has 0 spiro atoms. The summed E-state index contributed by atoms with van der Waals surface area (Å²) in [6, 6.07) is 0. The van der Waals surface area contributed by atoms with Gasteiger partial charge in [0.2, 0.25) is 0 Å². The van der Waals surface area contributed by atoms with Crippen LogP contribution in [0.15, 0.2) is 0 Å². The van der Waals surface area contributed by atoms with Crippen LogP contribution in [0.3, 0.4) is 0 Å². The van der Waals surface area contributed by atoms with Crippen molar-refractivity contribution in [2.24, 2.45) is 17.1 Å². The van der Waals surface area contributed by atoms with E-state index in [-0.39, 0.29) is 0 Å². The molecule has 1 atom stereocenters. The first kappa shape index (κ1) is 11.0. The fraction of sp³-hybridized carbons (Fsp3) is 1.00. The fourth-order valence-corrected chi connectivity index (χ4v) is 2.42. The predicted molar refractivity (Wildman–Crippen MR) is 55.6 cm³/mol. The van der Waals surface area contributed by atoms with Crippen molar-refractivity contribution < 1.29 is 4.74 Å². The molecule has 2 N–H and O–H groups in total. The monoisotopic (exact) mass is 185 g/mol. The second-order valence-corrected chi connectivity index (χ2v) is 4.37. The fourth-order valence-electron chi connectivity index (χ4n) is 2.42. The Hall–Kier alpha value is -0.0800. The maximum atomic E-state index is 5.91. The molecule has 0 aromatic rings. The minimum atomic E-state index is 0.383. The Kier molecular flexibility index (Phi) is 4.20. The van der Waals surface area contributed by atoms with E-state index in [1.165, 1.54) is 12.8 Å². The molecule has 1 aliphatic rings. The van der Waals surface area contributed by atoms with Gasteiger partial charge in [-0.05, 0) is 30.7 Å². The summed E-state index contributed by atoms with van der Waals surface area (Å²) in [7, 11) is 0. The van der Waals surface area contributed by atoms with Crippen LogP contribution in [0.4, 0.5) is 0 Å². The quantitative estimate of drug-likeness (QED) is 0.728. The van der Waals surface area contributed by atoms with E-state index >= 15 is 0 Å². The molecular formula is C11H23NO. The van der Waals surface area contributed by atoms with E-state index in [1.54, 1.807) is 0 Å². The smallest absolute Gasteiger partial charge is 0.0471 e. The van der Waals surface area contributed by atoms with Crippen LogP contribution in [0.1, 0.15) is 39.5 Å². The van der Waals surface area contributed by atoms with Gasteiger partial charge in [0.1, 0.15) is 0 Å². The molecule has 1 aliphatic heterocycles. The average Bonchev–Trinajstić information content (AvgIpc) is 2.19. The molecule has 13 heavy (non-hydrogen) atoms. The minimum absolute atomic E-state index is 0.383. The molecule has 1 heterocycles. The maximum absolute atomic E-state index is 5.91. The molecule has 0 amide bonds. The second kappa shape index (κ2) is 4.97. The van der Waals surface area contributed by atoms with E-state index in [2.05, 4.69) is 13.8 Å². The highest BCUT2D eigenvalue weighted by molar-refractivity contribution is 4.87. The van der Waals surface area contributed by atoms with Crippen molar-refractivity contribution in [3.05, 3.63) is 0 Å². The molecule has 2 heteroatoms. The van der Waals surface area contributed by atoms with Crippen LogP contribution in [0.5, 0.6) is 0 Å². The summed E-state index contributed by atoms with van der Waals surface area (Å²) >= 11 is 0. The Morgan fingerprint density at radius 3 is 2.46 bits per heavy atom. The summed E-state index contributed by atoms with van der Waals surface area (Å²) in [5.41, 5.74) is 6.30. The normalized spacial score (nSPS) is 24.2. The Morgan fingerprint density at radius 2 is 2.00 bits per heavy atom. The third-order valence-electron chi connectivity index (χ3n) is 3.66. The van der Waals surface area contributed by atoms with Gasteiger partial charge in [0.15, 0.2) is 0 Å². The van der Waals surface area contributed by atoms with E-state index in [1.807, 2.05) is 0 Å². The van der Waals surface area contributed by atoms with Gasteiger partial charge in [-0.2, -0.15) is 0 Å². The van der Waals surface area contributed by atoms with Crippen LogP contribution in [0.2, 0.25) is 0 Å². The summed E-state index contributed by atoms with van der Waals surface area (Å²) in [4.78, 5) is 0. The molecular weight excluding hydrogens is 162 g/mol. The first-order valence-electron chi connectivity index (χ1n) is 5.53. The average molecular weight is 185 g/mol. The Morgan fingerprint density at radius 1 is 1.38 bits per heavy atom. The number of ether oxygens (including phenoxy) is 1. The molecule has 2 nitrogen and oxygen atoms in total. The molecule has 1 fully saturated rings. The lowest BCUT2D eigenvalue weighted by atomic mass is 9.69. The van der Waals surface area contributed by atoms with E-state index in [0.29, 0.717) is 5.41 Å². The van der Waals surface area contributed by atoms with Gasteiger partial charge in [0, 0.05) is 13.2 Å². The summed E-state index contributed by atoms with van der Waals surface area (Å²) in [5, 5.41) is 0. The SMILES string of the molecule is CCCC(C)C1(CN)CCOCC1. The zero-order valence-electron chi connectivity index (χ0n) is 9.01. The topological polar surface area (TPSA) is 35.2 Å². The lowest BCUT2D eigenvalue weighted by Crippen LogP contribution is -2.41. The molecule has 0 saturated carbocycles. The highest BCUT2D eigenvalue weighted by atomic mass is 16.5. The van der Waals surface area contributed by atoms with Crippen LogP contribution in [-0.4, -0.2) is 19.8 Å². The third kappa shape index (κ3) is 2.44. The number of nitrogens with two attached hydrogens (primary N) is 1. The van der Waals surface area contributed by atoms with Crippen LogP contribution >= 0.6 is 0 Å². The van der Waals surface area contributed by atoms with Gasteiger partial charge in [-0.3, -0.25) is 0 Å². The summed E-state index contributed by atoms with van der Waals surface area (Å²) in [6.07, 6.45) is 4.89. The predicted octanol–water partition coefficient (Wildman–Crippen LogP) is 2.18. The zero-order chi connectivity index (χ0) is 9.73. The van der Waals surface area contributed by atoms with Crippen molar-refractivity contribution in [3.8, 4) is 0 Å². The number of hydrogen-bond donors (Lipinski definition) is 1. The summed E-state index contributed by atoms with van der Waals surface area (Å²) in [5.74, 6) is 0.756. The molecule has 0 aromatic heterocycles. The van der Waals surface area contributed by atoms with Gasteiger partial charge in [-0.1, -0.05) is 26.7 Å². The molecule has 1 unspecified atom stereocenters. The van der Waals surface area contributed by atoms with Gasteiger partial charge in [-0.25, -0.2) is 0 Å². The van der Waals surface area contributed by atoms with Crippen molar-refractivity contribution >= 4 is 0 Å². The molecule has 0 radical (unpaired) electrons. The Balaban J connectivity index is 2.55. The Bertz CT molecular complexity index is 141. The Labute approximate surface area is 81.8 Å². The highest BCUT2D eigenvalue weighted by Crippen LogP contribution is 2.39. The molecule has 78 valence electrons. The van der Waals surface area contributed by atoms with E-state index in [4.69, 9.17) is 10.5 Å². The third-order valence-corrected chi connectivity index (χ3v) is 3.66. The molecule has 0 bridgehead atoms. The lowest BCUT2D eigenvalue weighted by molar-refractivity contribution is -0.0114. The summed E-state index contributed by atoms with van der Waals surface area (Å²) < 4.78 is 5.40. The van der Waals surface area contributed by atoms with E-state index < -0.39 is 0 Å². The largest absolute Gasteiger partial charge is 0.381 e. The van der Waals surface area contributed by atoms with Gasteiger partial charge in [0.25, 0.3) is 0 Å².